The van der Waals surface area contributed by atoms with Crippen LogP contribution in [0.1, 0.15) is 50.4 Å². The zero-order chi connectivity index (χ0) is 29.1. The molecule has 12 nitrogen and oxygen atoms in total. The number of benzene rings is 1. The molecule has 0 bridgehead atoms. The first-order valence-electron chi connectivity index (χ1n) is 12.6. The summed E-state index contributed by atoms with van der Waals surface area (Å²) in [5.41, 5.74) is -0.908. The maximum atomic E-state index is 14.1. The van der Waals surface area contributed by atoms with Gasteiger partial charge in [0.2, 0.25) is 11.8 Å². The summed E-state index contributed by atoms with van der Waals surface area (Å²) in [6, 6.07) is 0.938. The number of rotatable bonds is 2. The minimum Gasteiger partial charge on any atom is -0.491 e. The van der Waals surface area contributed by atoms with Gasteiger partial charge in [0, 0.05) is 27.1 Å². The lowest BCUT2D eigenvalue weighted by Gasteiger charge is -2.27. The van der Waals surface area contributed by atoms with Crippen LogP contribution in [0.3, 0.4) is 0 Å². The molecule has 13 heteroatoms. The van der Waals surface area contributed by atoms with Gasteiger partial charge in [0.15, 0.2) is 0 Å². The van der Waals surface area contributed by atoms with E-state index in [9.17, 15) is 33.5 Å². The average Bonchev–Trinajstić information content (AvgIpc) is 3.22. The Balaban J connectivity index is 1.92. The molecule has 39 heavy (non-hydrogen) atoms. The highest BCUT2D eigenvalue weighted by Crippen LogP contribution is 2.26. The second-order valence-corrected chi connectivity index (χ2v) is 10.8. The van der Waals surface area contributed by atoms with Gasteiger partial charge in [0.1, 0.15) is 29.8 Å². The lowest BCUT2D eigenvalue weighted by Crippen LogP contribution is -2.46. The van der Waals surface area contributed by atoms with Crippen molar-refractivity contribution in [1.82, 2.24) is 20.0 Å². The van der Waals surface area contributed by atoms with Crippen molar-refractivity contribution in [3.63, 3.8) is 0 Å². The number of alkyl carbamates (subject to hydrolysis) is 1. The van der Waals surface area contributed by atoms with Crippen LogP contribution in [-0.4, -0.2) is 107 Å². The molecule has 0 aliphatic carbocycles. The largest absolute Gasteiger partial charge is 0.491 e. The van der Waals surface area contributed by atoms with Crippen LogP contribution >= 0.6 is 0 Å². The van der Waals surface area contributed by atoms with Crippen molar-refractivity contribution in [1.29, 1.82) is 0 Å². The quantitative estimate of drug-likeness (QED) is 0.563. The highest BCUT2D eigenvalue weighted by molar-refractivity contribution is 5.99. The van der Waals surface area contributed by atoms with Gasteiger partial charge in [-0.1, -0.05) is 0 Å². The van der Waals surface area contributed by atoms with Gasteiger partial charge < -0.3 is 34.6 Å². The monoisotopic (exact) mass is 550 g/mol. The number of likely N-dealkylation sites (N-methyl/N-ethyl adjacent to an activating group) is 2. The van der Waals surface area contributed by atoms with Crippen molar-refractivity contribution in [2.75, 3.05) is 33.8 Å². The van der Waals surface area contributed by atoms with Gasteiger partial charge in [-0.25, -0.2) is 14.0 Å². The lowest BCUT2D eigenvalue weighted by atomic mass is 10.1. The third-order valence-corrected chi connectivity index (χ3v) is 6.56. The van der Waals surface area contributed by atoms with E-state index in [1.807, 2.05) is 0 Å². The van der Waals surface area contributed by atoms with E-state index < -0.39 is 59.3 Å². The first-order valence-corrected chi connectivity index (χ1v) is 12.6. The first-order chi connectivity index (χ1) is 18.2. The number of nitrogens with one attached hydrogen (secondary N) is 1. The third-order valence-electron chi connectivity index (χ3n) is 6.56. The zero-order valence-electron chi connectivity index (χ0n) is 22.7. The Hall–Kier alpha value is -3.90. The van der Waals surface area contributed by atoms with Crippen molar-refractivity contribution >= 4 is 29.8 Å². The highest BCUT2D eigenvalue weighted by Gasteiger charge is 2.38. The number of fused-ring (bicyclic) bond motifs is 2. The Labute approximate surface area is 226 Å². The molecule has 3 atom stereocenters. The van der Waals surface area contributed by atoms with Crippen LogP contribution in [-0.2, 0) is 19.1 Å². The number of hydrogen-bond donors (Lipinski definition) is 2. The second-order valence-electron chi connectivity index (χ2n) is 10.8. The normalized spacial score (nSPS) is 23.3. The molecule has 0 aromatic heterocycles. The van der Waals surface area contributed by atoms with Crippen molar-refractivity contribution in [2.45, 2.75) is 63.8 Å². The molecular formula is C26H35FN4O8. The number of amides is 4. The lowest BCUT2D eigenvalue weighted by molar-refractivity contribution is -0.143. The minimum atomic E-state index is -1.37. The predicted octanol–water partition coefficient (Wildman–Crippen LogP) is 1.48. The standard InChI is InChI=1S/C26H35FN4O8/c1-26(2,3)39-25(37)28-16-11-17-14-38-20-8-6-15(27)10-18(20)23(34)30(5)19(24(35)36)7-9-21(32)29(4)13-22(33)31(17)12-16/h6,8,10,16-17,19H,7,9,11-14H2,1-5H3,(H,28,37)(H,35,36)/t16-,17+,19?/m1/s1. The molecule has 0 saturated carbocycles. The maximum absolute atomic E-state index is 14.1. The summed E-state index contributed by atoms with van der Waals surface area (Å²) >= 11 is 0. The Bertz CT molecular complexity index is 1140. The van der Waals surface area contributed by atoms with Crippen LogP contribution in [0.2, 0.25) is 0 Å². The van der Waals surface area contributed by atoms with Crippen LogP contribution in [0.5, 0.6) is 5.75 Å². The Kier molecular flexibility index (Phi) is 9.03. The molecule has 1 aromatic carbocycles. The Morgan fingerprint density at radius 2 is 1.85 bits per heavy atom. The topological polar surface area (TPSA) is 146 Å². The summed E-state index contributed by atoms with van der Waals surface area (Å²) in [5, 5.41) is 12.5. The predicted molar refractivity (Wildman–Crippen MR) is 136 cm³/mol. The van der Waals surface area contributed by atoms with Crippen molar-refractivity contribution in [3.05, 3.63) is 29.6 Å². The van der Waals surface area contributed by atoms with E-state index in [0.717, 1.165) is 17.0 Å². The van der Waals surface area contributed by atoms with E-state index >= 15 is 0 Å². The van der Waals surface area contributed by atoms with Gasteiger partial charge in [0.05, 0.1) is 24.2 Å². The molecule has 4 amide bonds. The second kappa shape index (κ2) is 11.9. The van der Waals surface area contributed by atoms with E-state index in [0.29, 0.717) is 6.42 Å². The SMILES string of the molecule is CN1CC(=O)N2C[C@H](NC(=O)OC(C)(C)C)C[C@H]2COc2ccc(F)cc2C(=O)N(C)C(C(=O)O)CCC1=O. The first kappa shape index (κ1) is 29.7. The fourth-order valence-corrected chi connectivity index (χ4v) is 4.59. The Morgan fingerprint density at radius 3 is 2.49 bits per heavy atom. The van der Waals surface area contributed by atoms with E-state index in [1.165, 1.54) is 30.0 Å². The highest BCUT2D eigenvalue weighted by atomic mass is 19.1. The molecule has 1 aromatic rings. The molecule has 0 spiro atoms. The van der Waals surface area contributed by atoms with Crippen LogP contribution in [0.15, 0.2) is 18.2 Å². The van der Waals surface area contributed by atoms with Crippen molar-refractivity contribution in [2.24, 2.45) is 0 Å². The molecule has 2 aliphatic rings. The number of halogens is 1. The van der Waals surface area contributed by atoms with Gasteiger partial charge in [-0.05, 0) is 51.8 Å². The summed E-state index contributed by atoms with van der Waals surface area (Å²) < 4.78 is 25.4. The van der Waals surface area contributed by atoms with Gasteiger partial charge in [-0.15, -0.1) is 0 Å². The summed E-state index contributed by atoms with van der Waals surface area (Å²) in [5.74, 6) is -3.71. The van der Waals surface area contributed by atoms with Gasteiger partial charge >= 0.3 is 12.1 Å². The third kappa shape index (κ3) is 7.58. The number of carbonyl (C=O) groups is 5. The number of aliphatic carboxylic acids is 1. The Morgan fingerprint density at radius 1 is 1.15 bits per heavy atom. The average molecular weight is 551 g/mol. The number of hydrogen-bond acceptors (Lipinski definition) is 7. The van der Waals surface area contributed by atoms with Crippen molar-refractivity contribution < 1.29 is 42.9 Å². The zero-order valence-corrected chi connectivity index (χ0v) is 22.7. The molecule has 1 saturated heterocycles. The fourth-order valence-electron chi connectivity index (χ4n) is 4.59. The van der Waals surface area contributed by atoms with E-state index in [-0.39, 0.29) is 43.9 Å². The summed E-state index contributed by atoms with van der Waals surface area (Å²) in [7, 11) is 2.69. The molecule has 2 N–H and O–H groups in total. The van der Waals surface area contributed by atoms with Gasteiger partial charge in [0.25, 0.3) is 5.91 Å². The fraction of sp³-hybridized carbons (Fsp3) is 0.577. The van der Waals surface area contributed by atoms with E-state index in [1.54, 1.807) is 20.8 Å². The van der Waals surface area contributed by atoms with Crippen LogP contribution in [0.4, 0.5) is 9.18 Å². The molecule has 0 radical (unpaired) electrons. The van der Waals surface area contributed by atoms with Crippen LogP contribution < -0.4 is 10.1 Å². The summed E-state index contributed by atoms with van der Waals surface area (Å²) in [6.07, 6.45) is -0.793. The van der Waals surface area contributed by atoms with Gasteiger partial charge in [-0.2, -0.15) is 0 Å². The van der Waals surface area contributed by atoms with E-state index in [4.69, 9.17) is 9.47 Å². The minimum absolute atomic E-state index is 0.0106. The van der Waals surface area contributed by atoms with Crippen LogP contribution in [0, 0.1) is 5.82 Å². The molecule has 214 valence electrons. The van der Waals surface area contributed by atoms with Crippen molar-refractivity contribution in [3.8, 4) is 5.75 Å². The number of carboxylic acids is 1. The number of ether oxygens (including phenoxy) is 2. The van der Waals surface area contributed by atoms with Crippen LogP contribution in [0.25, 0.3) is 0 Å². The molecule has 3 rings (SSSR count). The maximum Gasteiger partial charge on any atom is 0.407 e. The summed E-state index contributed by atoms with van der Waals surface area (Å²) in [4.78, 5) is 67.1. The molecule has 1 fully saturated rings. The summed E-state index contributed by atoms with van der Waals surface area (Å²) in [6.45, 7) is 4.94. The van der Waals surface area contributed by atoms with Gasteiger partial charge in [-0.3, -0.25) is 14.4 Å². The molecule has 2 aliphatic heterocycles. The molecule has 2 heterocycles. The number of carboxylic acid groups (broad SMARTS) is 1. The molecule has 1 unspecified atom stereocenters. The number of nitrogens with zero attached hydrogens (tertiary/aromatic N) is 3. The van der Waals surface area contributed by atoms with E-state index in [2.05, 4.69) is 5.32 Å². The number of carbonyl (C=O) groups excluding carboxylic acids is 4. The smallest absolute Gasteiger partial charge is 0.407 e. The molecular weight excluding hydrogens is 515 g/mol.